The summed E-state index contributed by atoms with van der Waals surface area (Å²) in [6, 6.07) is 0.776. The smallest absolute Gasteiger partial charge is 0.410 e. The SMILES string of the molecule is CC(C)(C)OC(=O)N1CCNCC1c1cnc(C(=O)NC2CC2)cc1F. The van der Waals surface area contributed by atoms with Gasteiger partial charge in [-0.1, -0.05) is 0 Å². The van der Waals surface area contributed by atoms with Crippen LogP contribution in [0.15, 0.2) is 12.3 Å². The molecule has 2 amide bonds. The summed E-state index contributed by atoms with van der Waals surface area (Å²) < 4.78 is 20.1. The van der Waals surface area contributed by atoms with E-state index in [2.05, 4.69) is 15.6 Å². The van der Waals surface area contributed by atoms with E-state index in [1.807, 2.05) is 0 Å². The largest absolute Gasteiger partial charge is 0.444 e. The van der Waals surface area contributed by atoms with Gasteiger partial charge in [0.1, 0.15) is 17.1 Å². The minimum atomic E-state index is -0.631. The molecule has 1 unspecified atom stereocenters. The van der Waals surface area contributed by atoms with Crippen molar-refractivity contribution in [1.82, 2.24) is 20.5 Å². The van der Waals surface area contributed by atoms with Gasteiger partial charge in [0.2, 0.25) is 0 Å². The van der Waals surface area contributed by atoms with Crippen LogP contribution in [0.1, 0.15) is 55.7 Å². The molecule has 2 aliphatic rings. The lowest BCUT2D eigenvalue weighted by Gasteiger charge is -2.37. The topological polar surface area (TPSA) is 83.6 Å². The quantitative estimate of drug-likeness (QED) is 0.857. The molecule has 2 fully saturated rings. The van der Waals surface area contributed by atoms with E-state index >= 15 is 0 Å². The Morgan fingerprint density at radius 3 is 2.73 bits per heavy atom. The summed E-state index contributed by atoms with van der Waals surface area (Å²) >= 11 is 0. The van der Waals surface area contributed by atoms with Crippen LogP contribution in [-0.2, 0) is 4.74 Å². The fraction of sp³-hybridized carbons (Fsp3) is 0.611. The van der Waals surface area contributed by atoms with Gasteiger partial charge < -0.3 is 15.4 Å². The van der Waals surface area contributed by atoms with Crippen molar-refractivity contribution in [1.29, 1.82) is 0 Å². The fourth-order valence-electron chi connectivity index (χ4n) is 2.82. The van der Waals surface area contributed by atoms with E-state index in [1.54, 1.807) is 20.8 Å². The Labute approximate surface area is 152 Å². The first-order valence-electron chi connectivity index (χ1n) is 8.91. The molecule has 1 aliphatic carbocycles. The Balaban J connectivity index is 1.78. The summed E-state index contributed by atoms with van der Waals surface area (Å²) in [6.45, 7) is 6.77. The van der Waals surface area contributed by atoms with E-state index in [0.717, 1.165) is 18.9 Å². The Hall–Kier alpha value is -2.22. The number of rotatable bonds is 3. The van der Waals surface area contributed by atoms with Crippen molar-refractivity contribution in [2.24, 2.45) is 0 Å². The average Bonchev–Trinajstić information content (AvgIpc) is 3.37. The molecule has 1 aromatic rings. The predicted octanol–water partition coefficient (Wildman–Crippen LogP) is 1.99. The molecule has 1 saturated heterocycles. The van der Waals surface area contributed by atoms with Gasteiger partial charge in [0, 0.05) is 43.5 Å². The minimum Gasteiger partial charge on any atom is -0.444 e. The first-order valence-corrected chi connectivity index (χ1v) is 8.91. The first kappa shape index (κ1) is 18.6. The van der Waals surface area contributed by atoms with Crippen LogP contribution in [0.5, 0.6) is 0 Å². The van der Waals surface area contributed by atoms with Gasteiger partial charge in [-0.2, -0.15) is 0 Å². The van der Waals surface area contributed by atoms with Gasteiger partial charge >= 0.3 is 6.09 Å². The molecule has 8 heteroatoms. The number of nitrogens with one attached hydrogen (secondary N) is 2. The number of ether oxygens (including phenoxy) is 1. The van der Waals surface area contributed by atoms with Crippen molar-refractivity contribution in [3.8, 4) is 0 Å². The zero-order valence-electron chi connectivity index (χ0n) is 15.3. The number of nitrogens with zero attached hydrogens (tertiary/aromatic N) is 2. The van der Waals surface area contributed by atoms with E-state index in [9.17, 15) is 14.0 Å². The summed E-state index contributed by atoms with van der Waals surface area (Å²) in [5.74, 6) is -0.924. The molecule has 2 heterocycles. The van der Waals surface area contributed by atoms with Crippen LogP contribution in [-0.4, -0.2) is 53.2 Å². The highest BCUT2D eigenvalue weighted by Gasteiger charge is 2.33. The number of aromatic nitrogens is 1. The molecule has 0 aromatic carbocycles. The van der Waals surface area contributed by atoms with Gasteiger partial charge in [0.05, 0.1) is 6.04 Å². The number of piperazine rings is 1. The van der Waals surface area contributed by atoms with E-state index in [4.69, 9.17) is 4.74 Å². The molecule has 26 heavy (non-hydrogen) atoms. The summed E-state index contributed by atoms with van der Waals surface area (Å²) in [6.07, 6.45) is 2.75. The lowest BCUT2D eigenvalue weighted by molar-refractivity contribution is 0.0114. The van der Waals surface area contributed by atoms with Gasteiger partial charge in [-0.3, -0.25) is 14.7 Å². The Morgan fingerprint density at radius 2 is 2.12 bits per heavy atom. The first-order chi connectivity index (χ1) is 12.2. The third-order valence-corrected chi connectivity index (χ3v) is 4.26. The van der Waals surface area contributed by atoms with E-state index in [0.29, 0.717) is 19.6 Å². The van der Waals surface area contributed by atoms with Crippen molar-refractivity contribution in [2.45, 2.75) is 51.3 Å². The van der Waals surface area contributed by atoms with Gasteiger partial charge in [-0.15, -0.1) is 0 Å². The average molecular weight is 364 g/mol. The van der Waals surface area contributed by atoms with Gasteiger partial charge in [0.15, 0.2) is 0 Å². The Bertz CT molecular complexity index is 700. The second-order valence-electron chi connectivity index (χ2n) is 7.73. The van der Waals surface area contributed by atoms with Crippen molar-refractivity contribution in [3.05, 3.63) is 29.3 Å². The van der Waals surface area contributed by atoms with Crippen LogP contribution in [0, 0.1) is 5.82 Å². The maximum absolute atomic E-state index is 14.7. The number of carbonyl (C=O) groups is 2. The monoisotopic (exact) mass is 364 g/mol. The Kier molecular flexibility index (Phi) is 5.13. The number of hydrogen-bond donors (Lipinski definition) is 2. The van der Waals surface area contributed by atoms with Crippen LogP contribution in [0.4, 0.5) is 9.18 Å². The van der Waals surface area contributed by atoms with Gasteiger partial charge in [-0.05, 0) is 33.6 Å². The number of hydrogen-bond acceptors (Lipinski definition) is 5. The maximum atomic E-state index is 14.7. The molecular weight excluding hydrogens is 339 g/mol. The second-order valence-corrected chi connectivity index (χ2v) is 7.73. The highest BCUT2D eigenvalue weighted by atomic mass is 19.1. The number of amides is 2. The number of halogens is 1. The van der Waals surface area contributed by atoms with E-state index < -0.39 is 23.6 Å². The molecular formula is C18H25FN4O3. The third kappa shape index (κ3) is 4.49. The van der Waals surface area contributed by atoms with Crippen LogP contribution in [0.2, 0.25) is 0 Å². The maximum Gasteiger partial charge on any atom is 0.410 e. The predicted molar refractivity (Wildman–Crippen MR) is 93.2 cm³/mol. The molecule has 0 radical (unpaired) electrons. The van der Waals surface area contributed by atoms with Crippen molar-refractivity contribution >= 4 is 12.0 Å². The summed E-state index contributed by atoms with van der Waals surface area (Å²) in [4.78, 5) is 30.1. The highest BCUT2D eigenvalue weighted by Crippen LogP contribution is 2.27. The zero-order valence-corrected chi connectivity index (χ0v) is 15.3. The van der Waals surface area contributed by atoms with E-state index in [1.165, 1.54) is 11.1 Å². The summed E-state index contributed by atoms with van der Waals surface area (Å²) in [5.41, 5.74) is -0.314. The summed E-state index contributed by atoms with van der Waals surface area (Å²) in [5, 5.41) is 5.94. The Morgan fingerprint density at radius 1 is 1.38 bits per heavy atom. The molecule has 1 atom stereocenters. The lowest BCUT2D eigenvalue weighted by atomic mass is 10.0. The molecule has 1 aliphatic heterocycles. The molecule has 0 bridgehead atoms. The van der Waals surface area contributed by atoms with Crippen molar-refractivity contribution in [2.75, 3.05) is 19.6 Å². The molecule has 142 valence electrons. The van der Waals surface area contributed by atoms with Crippen LogP contribution >= 0.6 is 0 Å². The summed E-state index contributed by atoms with van der Waals surface area (Å²) in [7, 11) is 0. The highest BCUT2D eigenvalue weighted by molar-refractivity contribution is 5.92. The van der Waals surface area contributed by atoms with Crippen LogP contribution in [0.25, 0.3) is 0 Å². The third-order valence-electron chi connectivity index (χ3n) is 4.26. The zero-order chi connectivity index (χ0) is 18.9. The lowest BCUT2D eigenvalue weighted by Crippen LogP contribution is -2.50. The van der Waals surface area contributed by atoms with Gasteiger partial charge in [0.25, 0.3) is 5.91 Å². The molecule has 1 saturated carbocycles. The number of pyridine rings is 1. The molecule has 7 nitrogen and oxygen atoms in total. The molecule has 2 N–H and O–H groups in total. The minimum absolute atomic E-state index is 0.0470. The van der Waals surface area contributed by atoms with Gasteiger partial charge in [-0.25, -0.2) is 9.18 Å². The van der Waals surface area contributed by atoms with Crippen molar-refractivity contribution in [3.63, 3.8) is 0 Å². The van der Waals surface area contributed by atoms with Crippen LogP contribution in [0.3, 0.4) is 0 Å². The fourth-order valence-corrected chi connectivity index (χ4v) is 2.82. The van der Waals surface area contributed by atoms with Crippen molar-refractivity contribution < 1.29 is 18.7 Å². The second kappa shape index (κ2) is 7.19. The van der Waals surface area contributed by atoms with E-state index in [-0.39, 0.29) is 23.2 Å². The van der Waals surface area contributed by atoms with Crippen LogP contribution < -0.4 is 10.6 Å². The molecule has 1 aromatic heterocycles. The molecule has 0 spiro atoms. The number of carbonyl (C=O) groups excluding carboxylic acids is 2. The molecule has 3 rings (SSSR count). The normalized spacial score (nSPS) is 20.6. The standard InChI is InChI=1S/C18H25FN4O3/c1-18(2,3)26-17(25)23-7-6-20-10-15(23)12-9-21-14(8-13(12)19)16(24)22-11-4-5-11/h8-9,11,15,20H,4-7,10H2,1-3H3,(H,22,24).